The highest BCUT2D eigenvalue weighted by Crippen LogP contribution is 2.19. The minimum atomic E-state index is -0.935. The van der Waals surface area contributed by atoms with E-state index < -0.39 is 5.97 Å². The lowest BCUT2D eigenvalue weighted by atomic mass is 10.2. The van der Waals surface area contributed by atoms with Gasteiger partial charge in [0.1, 0.15) is 5.82 Å². The van der Waals surface area contributed by atoms with Crippen LogP contribution < -0.4 is 5.32 Å². The van der Waals surface area contributed by atoms with Crippen molar-refractivity contribution in [1.29, 1.82) is 0 Å². The minimum absolute atomic E-state index is 0.259. The van der Waals surface area contributed by atoms with E-state index in [-0.39, 0.29) is 5.56 Å². The molecular formula is C12H12N2O2S. The number of rotatable bonds is 4. The summed E-state index contributed by atoms with van der Waals surface area (Å²) in [5.74, 6) is -0.365. The normalized spacial score (nSPS) is 10.2. The standard InChI is InChI=1S/C12H12N2O2S/c1-2-9-5-8(12(15)16)6-11(13-9)14-10-3-4-17-7-10/h3-7H,2H2,1H3,(H,13,14)(H,15,16). The van der Waals surface area contributed by atoms with Crippen LogP contribution in [0.4, 0.5) is 11.5 Å². The SMILES string of the molecule is CCc1cc(C(=O)O)cc(Nc2ccsc2)n1. The van der Waals surface area contributed by atoms with Gasteiger partial charge in [-0.1, -0.05) is 6.92 Å². The van der Waals surface area contributed by atoms with Gasteiger partial charge in [-0.25, -0.2) is 9.78 Å². The van der Waals surface area contributed by atoms with Crippen LogP contribution in [0.3, 0.4) is 0 Å². The number of pyridine rings is 1. The van der Waals surface area contributed by atoms with Crippen molar-refractivity contribution in [3.05, 3.63) is 40.2 Å². The summed E-state index contributed by atoms with van der Waals surface area (Å²) in [6, 6.07) is 5.06. The molecular weight excluding hydrogens is 236 g/mol. The molecule has 2 heterocycles. The molecule has 2 aromatic rings. The number of aromatic nitrogens is 1. The number of aryl methyl sites for hydroxylation is 1. The fourth-order valence-electron chi connectivity index (χ4n) is 1.44. The zero-order valence-electron chi connectivity index (χ0n) is 9.30. The molecule has 0 unspecified atom stereocenters. The number of thiophene rings is 1. The smallest absolute Gasteiger partial charge is 0.335 e. The van der Waals surface area contributed by atoms with Crippen molar-refractivity contribution in [2.24, 2.45) is 0 Å². The molecule has 2 rings (SSSR count). The average Bonchev–Trinajstić information content (AvgIpc) is 2.81. The van der Waals surface area contributed by atoms with Crippen LogP contribution in [0.25, 0.3) is 0 Å². The fraction of sp³-hybridized carbons (Fsp3) is 0.167. The number of hydrogen-bond donors (Lipinski definition) is 2. The number of carboxylic acid groups (broad SMARTS) is 1. The molecule has 2 N–H and O–H groups in total. The van der Waals surface area contributed by atoms with E-state index in [1.807, 2.05) is 23.8 Å². The first-order valence-corrected chi connectivity index (χ1v) is 6.17. The molecule has 0 spiro atoms. The fourth-order valence-corrected chi connectivity index (χ4v) is 2.03. The van der Waals surface area contributed by atoms with Crippen molar-refractivity contribution in [3.8, 4) is 0 Å². The summed E-state index contributed by atoms with van der Waals surface area (Å²) in [5.41, 5.74) is 1.95. The van der Waals surface area contributed by atoms with Crippen LogP contribution in [0.5, 0.6) is 0 Å². The van der Waals surface area contributed by atoms with Gasteiger partial charge in [0.25, 0.3) is 0 Å². The number of nitrogens with zero attached hydrogens (tertiary/aromatic N) is 1. The zero-order chi connectivity index (χ0) is 12.3. The maximum absolute atomic E-state index is 11.0. The molecule has 0 aliphatic rings. The van der Waals surface area contributed by atoms with Gasteiger partial charge < -0.3 is 10.4 Å². The molecule has 0 fully saturated rings. The molecule has 0 aromatic carbocycles. The first kappa shape index (κ1) is 11.6. The van der Waals surface area contributed by atoms with Crippen molar-refractivity contribution >= 4 is 28.8 Å². The maximum atomic E-state index is 11.0. The molecule has 17 heavy (non-hydrogen) atoms. The maximum Gasteiger partial charge on any atom is 0.335 e. The summed E-state index contributed by atoms with van der Waals surface area (Å²) in [6.07, 6.45) is 0.708. The van der Waals surface area contributed by atoms with E-state index in [2.05, 4.69) is 10.3 Å². The molecule has 88 valence electrons. The third-order valence-corrected chi connectivity index (χ3v) is 2.96. The molecule has 4 nitrogen and oxygen atoms in total. The minimum Gasteiger partial charge on any atom is -0.478 e. The summed E-state index contributed by atoms with van der Waals surface area (Å²) in [5, 5.41) is 16.0. The summed E-state index contributed by atoms with van der Waals surface area (Å²) in [7, 11) is 0. The Kier molecular flexibility index (Phi) is 3.39. The molecule has 5 heteroatoms. The Morgan fingerprint density at radius 1 is 1.53 bits per heavy atom. The monoisotopic (exact) mass is 248 g/mol. The molecule has 2 aromatic heterocycles. The van der Waals surface area contributed by atoms with E-state index in [1.54, 1.807) is 23.5 Å². The number of nitrogens with one attached hydrogen (secondary N) is 1. The molecule has 0 atom stereocenters. The van der Waals surface area contributed by atoms with Crippen LogP contribution in [0, 0.1) is 0 Å². The molecule has 0 saturated heterocycles. The van der Waals surface area contributed by atoms with Crippen LogP contribution in [0.15, 0.2) is 29.0 Å². The van der Waals surface area contributed by atoms with Crippen molar-refractivity contribution < 1.29 is 9.90 Å². The summed E-state index contributed by atoms with van der Waals surface area (Å²) >= 11 is 1.57. The Labute approximate surface area is 103 Å². The Morgan fingerprint density at radius 3 is 2.94 bits per heavy atom. The average molecular weight is 248 g/mol. The molecule has 0 bridgehead atoms. The third kappa shape index (κ3) is 2.82. The summed E-state index contributed by atoms with van der Waals surface area (Å²) in [4.78, 5) is 15.3. The third-order valence-electron chi connectivity index (χ3n) is 2.28. The molecule has 0 aliphatic heterocycles. The van der Waals surface area contributed by atoms with Crippen LogP contribution >= 0.6 is 11.3 Å². The molecule has 0 aliphatic carbocycles. The number of anilines is 2. The van der Waals surface area contributed by atoms with Gasteiger partial charge in [0.15, 0.2) is 0 Å². The lowest BCUT2D eigenvalue weighted by Crippen LogP contribution is -2.03. The zero-order valence-corrected chi connectivity index (χ0v) is 10.1. The lowest BCUT2D eigenvalue weighted by molar-refractivity contribution is 0.0696. The van der Waals surface area contributed by atoms with Gasteiger partial charge >= 0.3 is 5.97 Å². The van der Waals surface area contributed by atoms with Crippen LogP contribution in [-0.4, -0.2) is 16.1 Å². The topological polar surface area (TPSA) is 62.2 Å². The Hall–Kier alpha value is -1.88. The van der Waals surface area contributed by atoms with Crippen molar-refractivity contribution in [2.75, 3.05) is 5.32 Å². The van der Waals surface area contributed by atoms with Crippen molar-refractivity contribution in [2.45, 2.75) is 13.3 Å². The van der Waals surface area contributed by atoms with E-state index in [9.17, 15) is 4.79 Å². The second-order valence-electron chi connectivity index (χ2n) is 3.53. The summed E-state index contributed by atoms with van der Waals surface area (Å²) < 4.78 is 0. The van der Waals surface area contributed by atoms with Crippen molar-refractivity contribution in [3.63, 3.8) is 0 Å². The van der Waals surface area contributed by atoms with E-state index in [1.165, 1.54) is 0 Å². The lowest BCUT2D eigenvalue weighted by Gasteiger charge is -2.06. The van der Waals surface area contributed by atoms with Crippen LogP contribution in [0.2, 0.25) is 0 Å². The summed E-state index contributed by atoms with van der Waals surface area (Å²) in [6.45, 7) is 1.95. The van der Waals surface area contributed by atoms with Crippen molar-refractivity contribution in [1.82, 2.24) is 4.98 Å². The van der Waals surface area contributed by atoms with E-state index in [4.69, 9.17) is 5.11 Å². The van der Waals surface area contributed by atoms with Gasteiger partial charge in [-0.05, 0) is 30.0 Å². The largest absolute Gasteiger partial charge is 0.478 e. The Bertz CT molecular complexity index is 523. The highest BCUT2D eigenvalue weighted by molar-refractivity contribution is 7.08. The highest BCUT2D eigenvalue weighted by atomic mass is 32.1. The number of carbonyl (C=O) groups is 1. The molecule has 0 saturated carbocycles. The first-order chi connectivity index (χ1) is 8.19. The quantitative estimate of drug-likeness (QED) is 0.872. The van der Waals surface area contributed by atoms with Gasteiger partial charge in [0, 0.05) is 11.1 Å². The molecule has 0 amide bonds. The van der Waals surface area contributed by atoms with Crippen LogP contribution in [0.1, 0.15) is 23.0 Å². The predicted molar refractivity (Wildman–Crippen MR) is 68.2 cm³/mol. The number of carboxylic acids is 1. The van der Waals surface area contributed by atoms with E-state index >= 15 is 0 Å². The van der Waals surface area contributed by atoms with Gasteiger partial charge in [0.2, 0.25) is 0 Å². The Balaban J connectivity index is 2.33. The molecule has 0 radical (unpaired) electrons. The van der Waals surface area contributed by atoms with Gasteiger partial charge in [-0.15, -0.1) is 0 Å². The number of hydrogen-bond acceptors (Lipinski definition) is 4. The predicted octanol–water partition coefficient (Wildman–Crippen LogP) is 3.15. The van der Waals surface area contributed by atoms with Gasteiger partial charge in [-0.2, -0.15) is 11.3 Å². The van der Waals surface area contributed by atoms with Gasteiger partial charge in [-0.3, -0.25) is 0 Å². The second-order valence-corrected chi connectivity index (χ2v) is 4.31. The Morgan fingerprint density at radius 2 is 2.35 bits per heavy atom. The van der Waals surface area contributed by atoms with Crippen LogP contribution in [-0.2, 0) is 6.42 Å². The highest BCUT2D eigenvalue weighted by Gasteiger charge is 2.08. The van der Waals surface area contributed by atoms with Gasteiger partial charge in [0.05, 0.1) is 11.3 Å². The second kappa shape index (κ2) is 4.97. The number of aromatic carboxylic acids is 1. The van der Waals surface area contributed by atoms with E-state index in [0.717, 1.165) is 11.4 Å². The first-order valence-electron chi connectivity index (χ1n) is 5.22. The van der Waals surface area contributed by atoms with E-state index in [0.29, 0.717) is 12.2 Å².